The molecule has 0 saturated heterocycles. The average Bonchev–Trinajstić information content (AvgIpc) is 3.24. The van der Waals surface area contributed by atoms with Crippen molar-refractivity contribution in [3.05, 3.63) is 85.1 Å². The van der Waals surface area contributed by atoms with Crippen molar-refractivity contribution in [3.63, 3.8) is 0 Å². The normalized spacial score (nSPS) is 23.1. The highest BCUT2D eigenvalue weighted by atomic mass is 31.2. The van der Waals surface area contributed by atoms with Crippen LogP contribution in [0.25, 0.3) is 0 Å². The van der Waals surface area contributed by atoms with E-state index in [-0.39, 0.29) is 12.8 Å². The lowest BCUT2D eigenvalue weighted by molar-refractivity contribution is -0.216. The van der Waals surface area contributed by atoms with E-state index in [0.29, 0.717) is 32.1 Å². The topological polar surface area (TPSA) is 276 Å². The number of phosphoric ester groups is 2. The predicted octanol–water partition coefficient (Wildman–Crippen LogP) is 6.80. The molecule has 0 spiro atoms. The number of phosphoric acid groups is 2. The fourth-order valence-electron chi connectivity index (χ4n) is 6.06. The molecule has 1 saturated carbocycles. The number of hydrogen-bond donors (Lipinski definition) is 8. The van der Waals surface area contributed by atoms with Gasteiger partial charge in [0.1, 0.15) is 43.2 Å². The Kier molecular flexibility index (Phi) is 32.7. The Balaban J connectivity index is 2.68. The zero-order valence-electron chi connectivity index (χ0n) is 37.3. The van der Waals surface area contributed by atoms with Crippen molar-refractivity contribution >= 4 is 27.6 Å². The standard InChI is InChI=1S/C45H74O17P2/c1-3-5-7-8-9-10-11-12-17-20-23-26-29-33-39(48)60-37(35-59-64(56,57)62-45-42(51)40(49)41(50)44(43(45)52)61-63(53,54)55)34-58-38(47)32-28-25-22-19-16-14-13-15-18-21-24-27-31-36(46)30-6-4-2/h6-8,10-11,13-14,18-19,21-22,24,27,30,36-37,40-46,49-52H,3-5,9,12,15-17,20,23,25-26,28-29,31-35H2,1-2H3,(H,56,57)(H2,53,54,55)/b8-7-,11-10-,14-13-,21-18-,22-19-,27-24+,30-6-/t36?,37-,40?,41?,42?,43?,44-,45+/m1/s1. The molecule has 0 amide bonds. The lowest BCUT2D eigenvalue weighted by atomic mass is 9.85. The highest BCUT2D eigenvalue weighted by Gasteiger charge is 2.54. The summed E-state index contributed by atoms with van der Waals surface area (Å²) in [7, 11) is -10.7. The maximum absolute atomic E-state index is 13.0. The second-order valence-corrected chi connectivity index (χ2v) is 17.8. The predicted molar refractivity (Wildman–Crippen MR) is 242 cm³/mol. The summed E-state index contributed by atoms with van der Waals surface area (Å²) in [5.74, 6) is -1.32. The molecule has 0 aliphatic heterocycles. The van der Waals surface area contributed by atoms with Gasteiger partial charge in [0.05, 0.1) is 12.7 Å². The number of hydrogen-bond acceptors (Lipinski definition) is 14. The molecule has 0 aromatic heterocycles. The summed E-state index contributed by atoms with van der Waals surface area (Å²) >= 11 is 0. The molecule has 0 heterocycles. The van der Waals surface area contributed by atoms with Crippen molar-refractivity contribution < 1.29 is 82.0 Å². The van der Waals surface area contributed by atoms with Gasteiger partial charge in [-0.2, -0.15) is 0 Å². The first kappa shape index (κ1) is 59.2. The number of allylic oxidation sites excluding steroid dienone is 12. The molecular weight excluding hydrogens is 874 g/mol. The van der Waals surface area contributed by atoms with Crippen molar-refractivity contribution in [1.82, 2.24) is 0 Å². The molecular formula is C45H74O17P2. The van der Waals surface area contributed by atoms with E-state index in [1.165, 1.54) is 0 Å². The van der Waals surface area contributed by atoms with Crippen molar-refractivity contribution in [2.75, 3.05) is 13.2 Å². The summed E-state index contributed by atoms with van der Waals surface area (Å²) in [6.07, 6.45) is 24.7. The van der Waals surface area contributed by atoms with Gasteiger partial charge in [0.2, 0.25) is 0 Å². The Morgan fingerprint density at radius 3 is 1.78 bits per heavy atom. The van der Waals surface area contributed by atoms with Crippen LogP contribution < -0.4 is 0 Å². The first-order valence-corrected chi connectivity index (χ1v) is 25.3. The van der Waals surface area contributed by atoms with Crippen LogP contribution in [0.15, 0.2) is 85.1 Å². The van der Waals surface area contributed by atoms with E-state index in [1.54, 1.807) is 6.08 Å². The van der Waals surface area contributed by atoms with Crippen LogP contribution in [-0.2, 0) is 41.8 Å². The molecule has 1 aliphatic carbocycles. The minimum atomic E-state index is -5.38. The largest absolute Gasteiger partial charge is 0.472 e. The molecule has 0 radical (unpaired) electrons. The monoisotopic (exact) mass is 948 g/mol. The average molecular weight is 949 g/mol. The number of aliphatic hydroxyl groups excluding tert-OH is 5. The van der Waals surface area contributed by atoms with E-state index < -0.39 is 89.6 Å². The van der Waals surface area contributed by atoms with Crippen LogP contribution in [0.2, 0.25) is 0 Å². The Bertz CT molecular complexity index is 1590. The molecule has 1 rings (SSSR count). The Labute approximate surface area is 378 Å². The molecule has 0 bridgehead atoms. The third kappa shape index (κ3) is 29.6. The first-order chi connectivity index (χ1) is 30.5. The van der Waals surface area contributed by atoms with Crippen molar-refractivity contribution in [2.24, 2.45) is 0 Å². The van der Waals surface area contributed by atoms with Gasteiger partial charge in [0.25, 0.3) is 0 Å². The van der Waals surface area contributed by atoms with Crippen molar-refractivity contribution in [2.45, 2.75) is 172 Å². The van der Waals surface area contributed by atoms with Gasteiger partial charge in [-0.3, -0.25) is 23.2 Å². The number of carbonyl (C=O) groups is 2. The molecule has 1 aliphatic rings. The summed E-state index contributed by atoms with van der Waals surface area (Å²) < 4.78 is 49.2. The number of aliphatic hydroxyl groups is 5. The summed E-state index contributed by atoms with van der Waals surface area (Å²) in [6, 6.07) is 0. The number of rotatable bonds is 35. The van der Waals surface area contributed by atoms with Crippen LogP contribution in [0.3, 0.4) is 0 Å². The second-order valence-electron chi connectivity index (χ2n) is 15.2. The molecule has 17 nitrogen and oxygen atoms in total. The fourth-order valence-corrected chi connectivity index (χ4v) is 7.60. The number of unbranched alkanes of at least 4 members (excludes halogenated alkanes) is 7. The zero-order chi connectivity index (χ0) is 47.6. The van der Waals surface area contributed by atoms with E-state index in [0.717, 1.165) is 64.2 Å². The summed E-state index contributed by atoms with van der Waals surface area (Å²) in [6.45, 7) is 2.72. The minimum absolute atomic E-state index is 0.00211. The molecule has 0 aromatic rings. The highest BCUT2D eigenvalue weighted by Crippen LogP contribution is 2.49. The molecule has 19 heteroatoms. The van der Waals surface area contributed by atoms with Crippen LogP contribution >= 0.6 is 15.6 Å². The van der Waals surface area contributed by atoms with Crippen molar-refractivity contribution in [3.8, 4) is 0 Å². The molecule has 366 valence electrons. The van der Waals surface area contributed by atoms with Crippen LogP contribution in [0.4, 0.5) is 0 Å². The van der Waals surface area contributed by atoms with Gasteiger partial charge < -0.3 is 49.7 Å². The van der Waals surface area contributed by atoms with Crippen LogP contribution in [0.5, 0.6) is 0 Å². The Morgan fingerprint density at radius 2 is 1.14 bits per heavy atom. The SMILES string of the molecule is CC/C=C\C(O)C/C=C/C=C\C/C=C\C/C=C\CCCC(=O)OC[C@H](COP(=O)(O)O[C@H]1C(O)C(O)C(O)[C@@H](OP(=O)(O)O)C1O)OC(=O)CCCCCCC/C=C\C/C=C\CCC. The molecule has 8 N–H and O–H groups in total. The quantitative estimate of drug-likeness (QED) is 0.0107. The van der Waals surface area contributed by atoms with E-state index in [2.05, 4.69) is 35.8 Å². The molecule has 9 atom stereocenters. The van der Waals surface area contributed by atoms with Gasteiger partial charge in [-0.15, -0.1) is 0 Å². The minimum Gasteiger partial charge on any atom is -0.462 e. The van der Waals surface area contributed by atoms with E-state index >= 15 is 0 Å². The maximum Gasteiger partial charge on any atom is 0.472 e. The van der Waals surface area contributed by atoms with Gasteiger partial charge in [-0.25, -0.2) is 9.13 Å². The van der Waals surface area contributed by atoms with E-state index in [1.807, 2.05) is 61.6 Å². The lowest BCUT2D eigenvalue weighted by Gasteiger charge is -2.43. The van der Waals surface area contributed by atoms with Gasteiger partial charge in [0, 0.05) is 12.8 Å². The van der Waals surface area contributed by atoms with E-state index in [9.17, 15) is 49.1 Å². The smallest absolute Gasteiger partial charge is 0.462 e. The third-order valence-electron chi connectivity index (χ3n) is 9.51. The van der Waals surface area contributed by atoms with Crippen LogP contribution in [0.1, 0.15) is 123 Å². The summed E-state index contributed by atoms with van der Waals surface area (Å²) in [4.78, 5) is 54.1. The van der Waals surface area contributed by atoms with E-state index in [4.69, 9.17) is 28.3 Å². The van der Waals surface area contributed by atoms with Gasteiger partial charge in [0.15, 0.2) is 6.10 Å². The lowest BCUT2D eigenvalue weighted by Crippen LogP contribution is -2.64. The first-order valence-electron chi connectivity index (χ1n) is 22.2. The third-order valence-corrected chi connectivity index (χ3v) is 11.0. The van der Waals surface area contributed by atoms with Crippen molar-refractivity contribution in [1.29, 1.82) is 0 Å². The number of esters is 2. The van der Waals surface area contributed by atoms with Crippen LogP contribution in [-0.4, -0.2) is 114 Å². The molecule has 6 unspecified atom stereocenters. The fraction of sp³-hybridized carbons (Fsp3) is 0.644. The van der Waals surface area contributed by atoms with Crippen LogP contribution in [0, 0.1) is 0 Å². The number of ether oxygens (including phenoxy) is 2. The van der Waals surface area contributed by atoms with Gasteiger partial charge in [-0.05, 0) is 70.6 Å². The summed E-state index contributed by atoms with van der Waals surface area (Å²) in [5.41, 5.74) is 0. The maximum atomic E-state index is 13.0. The summed E-state index contributed by atoms with van der Waals surface area (Å²) in [5, 5.41) is 50.9. The number of carbonyl (C=O) groups excluding carboxylic acids is 2. The highest BCUT2D eigenvalue weighted by molar-refractivity contribution is 7.47. The second kappa shape index (κ2) is 35.3. The van der Waals surface area contributed by atoms with Gasteiger partial charge >= 0.3 is 27.6 Å². The molecule has 64 heavy (non-hydrogen) atoms. The molecule has 0 aromatic carbocycles. The zero-order valence-corrected chi connectivity index (χ0v) is 39.1. The Morgan fingerprint density at radius 1 is 0.594 bits per heavy atom. The Hall–Kier alpha value is -2.86. The molecule has 1 fully saturated rings. The van der Waals surface area contributed by atoms with Gasteiger partial charge in [-0.1, -0.05) is 125 Å².